The molecule has 2 heteroatoms. The summed E-state index contributed by atoms with van der Waals surface area (Å²) in [7, 11) is 0. The van der Waals surface area contributed by atoms with Crippen molar-refractivity contribution in [2.45, 2.75) is 50.5 Å². The molecule has 3 unspecified atom stereocenters. The number of hydrogen-bond acceptors (Lipinski definition) is 2. The highest BCUT2D eigenvalue weighted by atomic mass is 16.5. The molecule has 0 spiro atoms. The molecule has 0 bridgehead atoms. The Bertz CT molecular complexity index is 397. The summed E-state index contributed by atoms with van der Waals surface area (Å²) in [5.74, 6) is 1.89. The number of rotatable bonds is 3. The monoisotopic (exact) mass is 274 g/mol. The Morgan fingerprint density at radius 2 is 1.75 bits per heavy atom. The van der Waals surface area contributed by atoms with Crippen LogP contribution in [-0.2, 0) is 4.74 Å². The van der Waals surface area contributed by atoms with Crippen molar-refractivity contribution in [3.63, 3.8) is 0 Å². The molecule has 0 amide bonds. The second-order valence-corrected chi connectivity index (χ2v) is 6.54. The summed E-state index contributed by atoms with van der Waals surface area (Å²) in [6.45, 7) is 1.82. The molecule has 110 valence electrons. The molecule has 1 aliphatic heterocycles. The van der Waals surface area contributed by atoms with Gasteiger partial charge in [0.1, 0.15) is 0 Å². The van der Waals surface area contributed by atoms with Crippen molar-refractivity contribution in [3.05, 3.63) is 35.9 Å². The van der Waals surface area contributed by atoms with Crippen molar-refractivity contribution < 1.29 is 9.84 Å². The summed E-state index contributed by atoms with van der Waals surface area (Å²) in [6, 6.07) is 10.8. The van der Waals surface area contributed by atoms with Crippen LogP contribution in [-0.4, -0.2) is 24.4 Å². The van der Waals surface area contributed by atoms with Gasteiger partial charge in [-0.25, -0.2) is 0 Å². The average molecular weight is 274 g/mol. The lowest BCUT2D eigenvalue weighted by Gasteiger charge is -2.36. The van der Waals surface area contributed by atoms with E-state index in [1.165, 1.54) is 24.8 Å². The van der Waals surface area contributed by atoms with Gasteiger partial charge in [-0.15, -0.1) is 0 Å². The molecular weight excluding hydrogens is 248 g/mol. The fourth-order valence-corrected chi connectivity index (χ4v) is 3.94. The molecule has 1 heterocycles. The van der Waals surface area contributed by atoms with Crippen molar-refractivity contribution in [1.82, 2.24) is 0 Å². The van der Waals surface area contributed by atoms with E-state index in [2.05, 4.69) is 30.3 Å². The number of aliphatic hydroxyl groups excluding tert-OH is 1. The summed E-state index contributed by atoms with van der Waals surface area (Å²) in [5.41, 5.74) is 1.45. The molecule has 1 N–H and O–H groups in total. The first kappa shape index (κ1) is 14.1. The number of ether oxygens (including phenoxy) is 1. The van der Waals surface area contributed by atoms with Crippen molar-refractivity contribution in [2.75, 3.05) is 13.2 Å². The largest absolute Gasteiger partial charge is 0.393 e. The third-order valence-electron chi connectivity index (χ3n) is 5.19. The fraction of sp³-hybridized carbons (Fsp3) is 0.667. The van der Waals surface area contributed by atoms with E-state index in [0.717, 1.165) is 38.4 Å². The molecule has 2 nitrogen and oxygen atoms in total. The number of aliphatic hydroxyl groups is 1. The Balaban J connectivity index is 1.61. The first-order valence-corrected chi connectivity index (χ1v) is 8.13. The third kappa shape index (κ3) is 3.42. The summed E-state index contributed by atoms with van der Waals surface area (Å²) >= 11 is 0. The Hall–Kier alpha value is -0.860. The van der Waals surface area contributed by atoms with Crippen LogP contribution in [0.5, 0.6) is 0 Å². The van der Waals surface area contributed by atoms with Gasteiger partial charge < -0.3 is 9.84 Å². The molecule has 1 aromatic rings. The quantitative estimate of drug-likeness (QED) is 0.909. The van der Waals surface area contributed by atoms with Crippen LogP contribution >= 0.6 is 0 Å². The Labute approximate surface area is 122 Å². The van der Waals surface area contributed by atoms with Gasteiger partial charge in [-0.1, -0.05) is 30.3 Å². The minimum atomic E-state index is -0.0854. The summed E-state index contributed by atoms with van der Waals surface area (Å²) in [4.78, 5) is 0. The van der Waals surface area contributed by atoms with E-state index in [1.54, 1.807) is 0 Å². The van der Waals surface area contributed by atoms with Gasteiger partial charge in [0.05, 0.1) is 6.10 Å². The highest BCUT2D eigenvalue weighted by Crippen LogP contribution is 2.40. The maximum absolute atomic E-state index is 10.3. The number of benzene rings is 1. The molecule has 1 saturated carbocycles. The van der Waals surface area contributed by atoms with Crippen LogP contribution in [0.2, 0.25) is 0 Å². The predicted molar refractivity (Wildman–Crippen MR) is 80.7 cm³/mol. The van der Waals surface area contributed by atoms with Crippen LogP contribution in [0.3, 0.4) is 0 Å². The zero-order chi connectivity index (χ0) is 13.8. The lowest BCUT2D eigenvalue weighted by Crippen LogP contribution is -2.31. The minimum absolute atomic E-state index is 0.0854. The smallest absolute Gasteiger partial charge is 0.0568 e. The van der Waals surface area contributed by atoms with E-state index in [4.69, 9.17) is 4.74 Å². The molecule has 0 radical (unpaired) electrons. The standard InChI is InChI=1S/C18H26O2/c19-18-7-6-16(15-4-2-1-3-5-15)13-17(18)12-14-8-10-20-11-9-14/h1-5,14,16-19H,6-13H2. The first-order chi connectivity index (χ1) is 9.83. The van der Waals surface area contributed by atoms with Gasteiger partial charge in [0.25, 0.3) is 0 Å². The van der Waals surface area contributed by atoms with Crippen molar-refractivity contribution >= 4 is 0 Å². The summed E-state index contributed by atoms with van der Waals surface area (Å²) in [6.07, 6.45) is 6.72. The molecular formula is C18H26O2. The first-order valence-electron chi connectivity index (χ1n) is 8.13. The van der Waals surface area contributed by atoms with Gasteiger partial charge in [0, 0.05) is 13.2 Å². The van der Waals surface area contributed by atoms with Crippen molar-refractivity contribution in [3.8, 4) is 0 Å². The zero-order valence-electron chi connectivity index (χ0n) is 12.2. The predicted octanol–water partition coefficient (Wildman–Crippen LogP) is 3.75. The van der Waals surface area contributed by atoms with Gasteiger partial charge in [-0.2, -0.15) is 0 Å². The lowest BCUT2D eigenvalue weighted by atomic mass is 9.72. The van der Waals surface area contributed by atoms with Gasteiger partial charge in [-0.05, 0) is 61.8 Å². The van der Waals surface area contributed by atoms with E-state index in [-0.39, 0.29) is 6.10 Å². The second-order valence-electron chi connectivity index (χ2n) is 6.54. The van der Waals surface area contributed by atoms with Gasteiger partial charge in [-0.3, -0.25) is 0 Å². The molecule has 2 aliphatic rings. The highest BCUT2D eigenvalue weighted by Gasteiger charge is 2.31. The van der Waals surface area contributed by atoms with E-state index >= 15 is 0 Å². The molecule has 3 atom stereocenters. The van der Waals surface area contributed by atoms with Crippen molar-refractivity contribution in [2.24, 2.45) is 11.8 Å². The van der Waals surface area contributed by atoms with Gasteiger partial charge >= 0.3 is 0 Å². The Kier molecular flexibility index (Phi) is 4.74. The Morgan fingerprint density at radius 1 is 1.00 bits per heavy atom. The minimum Gasteiger partial charge on any atom is -0.393 e. The van der Waals surface area contributed by atoms with E-state index in [1.807, 2.05) is 0 Å². The van der Waals surface area contributed by atoms with Crippen LogP contribution in [0, 0.1) is 11.8 Å². The molecule has 20 heavy (non-hydrogen) atoms. The molecule has 0 aromatic heterocycles. The summed E-state index contributed by atoms with van der Waals surface area (Å²) < 4.78 is 5.44. The van der Waals surface area contributed by atoms with Crippen LogP contribution in [0.15, 0.2) is 30.3 Å². The molecule has 1 aliphatic carbocycles. The Morgan fingerprint density at radius 3 is 2.50 bits per heavy atom. The topological polar surface area (TPSA) is 29.5 Å². The maximum Gasteiger partial charge on any atom is 0.0568 e. The van der Waals surface area contributed by atoms with Crippen LogP contribution in [0.25, 0.3) is 0 Å². The van der Waals surface area contributed by atoms with E-state index in [0.29, 0.717) is 11.8 Å². The normalized spacial score (nSPS) is 32.1. The van der Waals surface area contributed by atoms with Gasteiger partial charge in [0.2, 0.25) is 0 Å². The van der Waals surface area contributed by atoms with E-state index in [9.17, 15) is 5.11 Å². The molecule has 1 aromatic carbocycles. The fourth-order valence-electron chi connectivity index (χ4n) is 3.94. The van der Waals surface area contributed by atoms with Crippen LogP contribution in [0.4, 0.5) is 0 Å². The average Bonchev–Trinajstić information content (AvgIpc) is 2.51. The van der Waals surface area contributed by atoms with Crippen LogP contribution < -0.4 is 0 Å². The second kappa shape index (κ2) is 6.73. The molecule has 2 fully saturated rings. The highest BCUT2D eigenvalue weighted by molar-refractivity contribution is 5.20. The van der Waals surface area contributed by atoms with E-state index < -0.39 is 0 Å². The maximum atomic E-state index is 10.3. The lowest BCUT2D eigenvalue weighted by molar-refractivity contribution is 0.0198. The molecule has 3 rings (SSSR count). The SMILES string of the molecule is OC1CCC(c2ccccc2)CC1CC1CCOCC1. The molecule has 1 saturated heterocycles. The van der Waals surface area contributed by atoms with Crippen molar-refractivity contribution in [1.29, 1.82) is 0 Å². The zero-order valence-corrected chi connectivity index (χ0v) is 12.2. The van der Waals surface area contributed by atoms with Crippen LogP contribution in [0.1, 0.15) is 50.0 Å². The summed E-state index contributed by atoms with van der Waals surface area (Å²) in [5, 5.41) is 10.3. The van der Waals surface area contributed by atoms with Gasteiger partial charge in [0.15, 0.2) is 0 Å². The number of hydrogen-bond donors (Lipinski definition) is 1. The third-order valence-corrected chi connectivity index (χ3v) is 5.19.